The number of aryl methyl sites for hydroxylation is 2. The molecule has 5 aromatic rings. The van der Waals surface area contributed by atoms with Crippen LogP contribution in [0.2, 0.25) is 0 Å². The summed E-state index contributed by atoms with van der Waals surface area (Å²) in [5, 5.41) is 13.6. The lowest BCUT2D eigenvalue weighted by Gasteiger charge is -2.07. The summed E-state index contributed by atoms with van der Waals surface area (Å²) in [5.74, 6) is 2.26. The molecular formula is C24H19N5O2. The zero-order valence-electron chi connectivity index (χ0n) is 17.1. The molecule has 0 bridgehead atoms. The van der Waals surface area contributed by atoms with E-state index in [1.54, 1.807) is 30.5 Å². The van der Waals surface area contributed by atoms with E-state index in [4.69, 9.17) is 19.4 Å². The fourth-order valence-corrected chi connectivity index (χ4v) is 3.57. The second kappa shape index (κ2) is 7.50. The molecule has 0 saturated carbocycles. The van der Waals surface area contributed by atoms with E-state index >= 15 is 0 Å². The van der Waals surface area contributed by atoms with Gasteiger partial charge in [-0.05, 0) is 67.6 Å². The molecule has 5 rings (SSSR count). The summed E-state index contributed by atoms with van der Waals surface area (Å²) in [5.41, 5.74) is 5.17. The molecule has 0 spiro atoms. The molecule has 2 aromatic carbocycles. The first-order chi connectivity index (χ1) is 15.1. The van der Waals surface area contributed by atoms with Gasteiger partial charge in [0, 0.05) is 7.05 Å². The Kier molecular flexibility index (Phi) is 4.53. The van der Waals surface area contributed by atoms with Crippen LogP contribution in [-0.4, -0.2) is 19.3 Å². The van der Waals surface area contributed by atoms with Gasteiger partial charge in [0.25, 0.3) is 0 Å². The zero-order valence-corrected chi connectivity index (χ0v) is 17.1. The van der Waals surface area contributed by atoms with Crippen LogP contribution in [0.1, 0.15) is 17.1 Å². The molecule has 7 nitrogen and oxygen atoms in total. The van der Waals surface area contributed by atoms with Gasteiger partial charge in [0.05, 0.1) is 40.3 Å². The van der Waals surface area contributed by atoms with Crippen molar-refractivity contribution in [2.45, 2.75) is 13.5 Å². The number of fused-ring (bicyclic) bond motifs is 1. The maximum absolute atomic E-state index is 8.91. The van der Waals surface area contributed by atoms with Crippen LogP contribution >= 0.6 is 0 Å². The summed E-state index contributed by atoms with van der Waals surface area (Å²) >= 11 is 0. The number of aromatic nitrogens is 4. The monoisotopic (exact) mass is 409 g/mol. The van der Waals surface area contributed by atoms with Crippen molar-refractivity contribution in [1.82, 2.24) is 19.3 Å². The molecule has 0 aliphatic carbocycles. The lowest BCUT2D eigenvalue weighted by molar-refractivity contribution is 0.292. The molecule has 0 fully saturated rings. The maximum Gasteiger partial charge on any atom is 0.152 e. The minimum atomic E-state index is 0.324. The molecule has 0 N–H and O–H groups in total. The minimum Gasteiger partial charge on any atom is -0.486 e. The number of hydrogen-bond acceptors (Lipinski definition) is 5. The predicted octanol–water partition coefficient (Wildman–Crippen LogP) is 4.78. The SMILES string of the molecule is Cc1cc(-c2ccco2)n(-c2ccc3c(c2)nc(COc2ccc(C#N)cc2)n3C)n1. The van der Waals surface area contributed by atoms with Crippen molar-refractivity contribution in [1.29, 1.82) is 5.26 Å². The van der Waals surface area contributed by atoms with Gasteiger partial charge in [0.2, 0.25) is 0 Å². The topological polar surface area (TPSA) is 81.8 Å². The van der Waals surface area contributed by atoms with E-state index in [2.05, 4.69) is 11.2 Å². The van der Waals surface area contributed by atoms with E-state index in [0.717, 1.165) is 39.7 Å². The van der Waals surface area contributed by atoms with Gasteiger partial charge in [-0.25, -0.2) is 9.67 Å². The van der Waals surface area contributed by atoms with E-state index in [1.165, 1.54) is 0 Å². The van der Waals surface area contributed by atoms with E-state index in [9.17, 15) is 0 Å². The number of benzene rings is 2. The van der Waals surface area contributed by atoms with Gasteiger partial charge in [-0.15, -0.1) is 0 Å². The normalized spacial score (nSPS) is 11.0. The number of nitrogens with zero attached hydrogens (tertiary/aromatic N) is 5. The summed E-state index contributed by atoms with van der Waals surface area (Å²) in [7, 11) is 1.97. The van der Waals surface area contributed by atoms with Gasteiger partial charge in [-0.1, -0.05) is 0 Å². The summed E-state index contributed by atoms with van der Waals surface area (Å²) in [4.78, 5) is 4.77. The molecule has 0 aliphatic rings. The Hall–Kier alpha value is -4.31. The Morgan fingerprint density at radius 3 is 2.68 bits per heavy atom. The first kappa shape index (κ1) is 18.7. The Morgan fingerprint density at radius 2 is 1.94 bits per heavy atom. The molecular weight excluding hydrogens is 390 g/mol. The van der Waals surface area contributed by atoms with Gasteiger partial charge in [-0.3, -0.25) is 0 Å². The molecule has 0 amide bonds. The highest BCUT2D eigenvalue weighted by atomic mass is 16.5. The number of hydrogen-bond donors (Lipinski definition) is 0. The predicted molar refractivity (Wildman–Crippen MR) is 116 cm³/mol. The third-order valence-electron chi connectivity index (χ3n) is 5.16. The molecule has 7 heteroatoms. The molecule has 0 atom stereocenters. The van der Waals surface area contributed by atoms with Crippen LogP contribution in [0.3, 0.4) is 0 Å². The van der Waals surface area contributed by atoms with Gasteiger partial charge >= 0.3 is 0 Å². The lowest BCUT2D eigenvalue weighted by Crippen LogP contribution is -2.03. The smallest absolute Gasteiger partial charge is 0.152 e. The fourth-order valence-electron chi connectivity index (χ4n) is 3.57. The number of rotatable bonds is 5. The lowest BCUT2D eigenvalue weighted by atomic mass is 10.2. The standard InChI is InChI=1S/C24H19N5O2/c1-16-12-22(23-4-3-11-30-23)29(27-16)18-7-10-21-20(13-18)26-24(28(21)2)15-31-19-8-5-17(14-25)6-9-19/h3-13H,15H2,1-2H3. The Morgan fingerprint density at radius 1 is 1.10 bits per heavy atom. The van der Waals surface area contributed by atoms with E-state index in [1.807, 2.05) is 59.6 Å². The van der Waals surface area contributed by atoms with Crippen LogP contribution in [0, 0.1) is 18.3 Å². The molecule has 0 saturated heterocycles. The van der Waals surface area contributed by atoms with Crippen LogP contribution in [0.5, 0.6) is 5.75 Å². The van der Waals surface area contributed by atoms with Crippen molar-refractivity contribution in [2.75, 3.05) is 0 Å². The molecule has 0 aliphatic heterocycles. The zero-order chi connectivity index (χ0) is 21.4. The first-order valence-electron chi connectivity index (χ1n) is 9.81. The first-order valence-corrected chi connectivity index (χ1v) is 9.81. The average Bonchev–Trinajstić information content (AvgIpc) is 3.52. The second-order valence-electron chi connectivity index (χ2n) is 7.24. The number of nitriles is 1. The number of imidazole rings is 1. The third kappa shape index (κ3) is 3.45. The summed E-state index contributed by atoms with van der Waals surface area (Å²) in [6, 6.07) is 21.0. The minimum absolute atomic E-state index is 0.324. The summed E-state index contributed by atoms with van der Waals surface area (Å²) in [6.07, 6.45) is 1.66. The van der Waals surface area contributed by atoms with Crippen LogP contribution < -0.4 is 4.74 Å². The fraction of sp³-hybridized carbons (Fsp3) is 0.125. The van der Waals surface area contributed by atoms with E-state index < -0.39 is 0 Å². The van der Waals surface area contributed by atoms with Crippen molar-refractivity contribution in [3.05, 3.63) is 84.0 Å². The largest absolute Gasteiger partial charge is 0.486 e. The van der Waals surface area contributed by atoms with Gasteiger partial charge < -0.3 is 13.7 Å². The molecule has 3 aromatic heterocycles. The highest BCUT2D eigenvalue weighted by Crippen LogP contribution is 2.26. The molecule has 0 unspecified atom stereocenters. The van der Waals surface area contributed by atoms with Gasteiger partial charge in [-0.2, -0.15) is 10.4 Å². The average molecular weight is 409 g/mol. The summed E-state index contributed by atoms with van der Waals surface area (Å²) in [6.45, 7) is 2.28. The Labute approximate surface area is 178 Å². The number of furan rings is 1. The summed E-state index contributed by atoms with van der Waals surface area (Å²) < 4.78 is 15.3. The highest BCUT2D eigenvalue weighted by Gasteiger charge is 2.15. The van der Waals surface area contributed by atoms with Crippen molar-refractivity contribution in [2.24, 2.45) is 7.05 Å². The van der Waals surface area contributed by atoms with E-state index in [0.29, 0.717) is 17.9 Å². The molecule has 152 valence electrons. The third-order valence-corrected chi connectivity index (χ3v) is 5.16. The van der Waals surface area contributed by atoms with Crippen molar-refractivity contribution < 1.29 is 9.15 Å². The second-order valence-corrected chi connectivity index (χ2v) is 7.24. The van der Waals surface area contributed by atoms with Crippen LogP contribution in [0.4, 0.5) is 0 Å². The quantitative estimate of drug-likeness (QED) is 0.417. The van der Waals surface area contributed by atoms with Crippen molar-refractivity contribution >= 4 is 11.0 Å². The Balaban J connectivity index is 1.46. The van der Waals surface area contributed by atoms with E-state index in [-0.39, 0.29) is 0 Å². The van der Waals surface area contributed by atoms with Crippen molar-refractivity contribution in [3.63, 3.8) is 0 Å². The molecule has 31 heavy (non-hydrogen) atoms. The van der Waals surface area contributed by atoms with Crippen LogP contribution in [0.25, 0.3) is 28.2 Å². The molecule has 3 heterocycles. The van der Waals surface area contributed by atoms with Crippen molar-refractivity contribution in [3.8, 4) is 29.0 Å². The highest BCUT2D eigenvalue weighted by molar-refractivity contribution is 5.79. The number of ether oxygens (including phenoxy) is 1. The van der Waals surface area contributed by atoms with Gasteiger partial charge in [0.15, 0.2) is 5.76 Å². The maximum atomic E-state index is 8.91. The molecule has 0 radical (unpaired) electrons. The van der Waals surface area contributed by atoms with Crippen LogP contribution in [0.15, 0.2) is 71.3 Å². The van der Waals surface area contributed by atoms with Crippen LogP contribution in [-0.2, 0) is 13.7 Å². The Bertz CT molecular complexity index is 1400. The van der Waals surface area contributed by atoms with Gasteiger partial charge in [0.1, 0.15) is 23.9 Å².